The normalized spacial score (nSPS) is 11.7. The molecule has 0 fully saturated rings. The topological polar surface area (TPSA) is 122 Å². The lowest BCUT2D eigenvalue weighted by molar-refractivity contribution is 0.102. The molecule has 0 bridgehead atoms. The van der Waals surface area contributed by atoms with Gasteiger partial charge in [-0.2, -0.15) is 4.31 Å². The summed E-state index contributed by atoms with van der Waals surface area (Å²) in [6.07, 6.45) is 0. The minimum atomic E-state index is -4.01. The van der Waals surface area contributed by atoms with Crippen LogP contribution in [-0.2, 0) is 26.7 Å². The zero-order valence-electron chi connectivity index (χ0n) is 22.6. The Hall–Kier alpha value is -4.19. The minimum Gasteiger partial charge on any atom is -0.489 e. The van der Waals surface area contributed by atoms with Crippen LogP contribution in [0.15, 0.2) is 113 Å². The van der Waals surface area contributed by atoms with Crippen LogP contribution < -0.4 is 14.8 Å². The van der Waals surface area contributed by atoms with Crippen LogP contribution in [0.5, 0.6) is 5.75 Å². The highest BCUT2D eigenvalue weighted by Gasteiger charge is 2.22. The maximum absolute atomic E-state index is 13.1. The van der Waals surface area contributed by atoms with Crippen molar-refractivity contribution in [2.24, 2.45) is 0 Å². The Bertz CT molecular complexity index is 1700. The number of hydrogen-bond donors (Lipinski definition) is 2. The largest absolute Gasteiger partial charge is 0.489 e. The van der Waals surface area contributed by atoms with Gasteiger partial charge in [0.15, 0.2) is 0 Å². The van der Waals surface area contributed by atoms with E-state index in [1.807, 2.05) is 30.3 Å². The molecule has 4 aromatic rings. The molecule has 4 aromatic carbocycles. The number of rotatable bonds is 12. The van der Waals surface area contributed by atoms with E-state index in [0.29, 0.717) is 31.1 Å². The summed E-state index contributed by atoms with van der Waals surface area (Å²) >= 11 is 0. The number of ether oxygens (including phenoxy) is 1. The highest BCUT2D eigenvalue weighted by Crippen LogP contribution is 2.23. The molecule has 0 unspecified atom stereocenters. The van der Waals surface area contributed by atoms with Crippen LogP contribution in [0.1, 0.15) is 29.8 Å². The van der Waals surface area contributed by atoms with Crippen LogP contribution in [0.25, 0.3) is 0 Å². The Labute approximate surface area is 240 Å². The summed E-state index contributed by atoms with van der Waals surface area (Å²) in [4.78, 5) is 12.9. The lowest BCUT2D eigenvalue weighted by atomic mass is 10.2. The van der Waals surface area contributed by atoms with Crippen LogP contribution >= 0.6 is 0 Å². The zero-order valence-corrected chi connectivity index (χ0v) is 24.3. The number of amides is 1. The lowest BCUT2D eigenvalue weighted by Crippen LogP contribution is -2.30. The molecule has 214 valence electrons. The number of benzene rings is 4. The molecular weight excluding hydrogens is 562 g/mol. The molecule has 4 rings (SSSR count). The van der Waals surface area contributed by atoms with Crippen LogP contribution in [0.4, 0.5) is 11.4 Å². The fourth-order valence-electron chi connectivity index (χ4n) is 4.03. The Balaban J connectivity index is 1.44. The first-order valence-corrected chi connectivity index (χ1v) is 15.9. The van der Waals surface area contributed by atoms with Crippen LogP contribution in [0.3, 0.4) is 0 Å². The van der Waals surface area contributed by atoms with Gasteiger partial charge in [0, 0.05) is 30.0 Å². The molecule has 9 nitrogen and oxygen atoms in total. The summed E-state index contributed by atoms with van der Waals surface area (Å²) in [5.74, 6) is 0.00351. The highest BCUT2D eigenvalue weighted by molar-refractivity contribution is 7.92. The van der Waals surface area contributed by atoms with E-state index in [1.165, 1.54) is 46.8 Å². The van der Waals surface area contributed by atoms with Gasteiger partial charge >= 0.3 is 0 Å². The molecule has 0 atom stereocenters. The third-order valence-electron chi connectivity index (χ3n) is 6.20. The maximum Gasteiger partial charge on any atom is 0.261 e. The molecule has 41 heavy (non-hydrogen) atoms. The molecule has 0 radical (unpaired) electrons. The van der Waals surface area contributed by atoms with E-state index in [-0.39, 0.29) is 21.0 Å². The molecule has 2 N–H and O–H groups in total. The van der Waals surface area contributed by atoms with Gasteiger partial charge in [-0.1, -0.05) is 56.3 Å². The van der Waals surface area contributed by atoms with Gasteiger partial charge in [-0.3, -0.25) is 9.52 Å². The summed E-state index contributed by atoms with van der Waals surface area (Å²) in [6.45, 7) is 4.52. The van der Waals surface area contributed by atoms with Crippen molar-refractivity contribution >= 4 is 37.3 Å². The van der Waals surface area contributed by atoms with Gasteiger partial charge in [0.2, 0.25) is 10.0 Å². The van der Waals surface area contributed by atoms with Gasteiger partial charge < -0.3 is 10.1 Å². The summed E-state index contributed by atoms with van der Waals surface area (Å²) in [5.41, 5.74) is 1.70. The molecule has 0 aliphatic heterocycles. The van der Waals surface area contributed by atoms with Gasteiger partial charge in [-0.25, -0.2) is 16.8 Å². The molecule has 0 aliphatic rings. The molecule has 11 heteroatoms. The second-order valence-corrected chi connectivity index (χ2v) is 12.6. The van der Waals surface area contributed by atoms with Gasteiger partial charge in [-0.05, 0) is 66.2 Å². The number of carbonyl (C=O) groups excluding carboxylic acids is 1. The van der Waals surface area contributed by atoms with E-state index in [1.54, 1.807) is 44.2 Å². The van der Waals surface area contributed by atoms with Gasteiger partial charge in [0.1, 0.15) is 12.4 Å². The number of sulfonamides is 2. The number of nitrogens with zero attached hydrogens (tertiary/aromatic N) is 1. The molecule has 0 saturated carbocycles. The number of anilines is 2. The number of hydrogen-bond acceptors (Lipinski definition) is 6. The maximum atomic E-state index is 13.1. The van der Waals surface area contributed by atoms with Crippen LogP contribution in [0.2, 0.25) is 0 Å². The Morgan fingerprint density at radius 1 is 0.732 bits per heavy atom. The summed E-state index contributed by atoms with van der Waals surface area (Å²) in [5, 5.41) is 2.65. The summed E-state index contributed by atoms with van der Waals surface area (Å²) in [6, 6.07) is 27.7. The zero-order chi connectivity index (χ0) is 29.5. The average molecular weight is 594 g/mol. The van der Waals surface area contributed by atoms with Crippen molar-refractivity contribution in [1.29, 1.82) is 0 Å². The fraction of sp³-hybridized carbons (Fsp3) is 0.167. The van der Waals surface area contributed by atoms with Crippen LogP contribution in [-0.4, -0.2) is 40.1 Å². The van der Waals surface area contributed by atoms with Gasteiger partial charge in [-0.15, -0.1) is 0 Å². The summed E-state index contributed by atoms with van der Waals surface area (Å²) < 4.78 is 61.4. The number of nitrogens with one attached hydrogen (secondary N) is 2. The Morgan fingerprint density at radius 2 is 1.39 bits per heavy atom. The summed E-state index contributed by atoms with van der Waals surface area (Å²) in [7, 11) is -7.72. The third-order valence-corrected chi connectivity index (χ3v) is 9.62. The monoisotopic (exact) mass is 593 g/mol. The molecule has 0 aromatic heterocycles. The average Bonchev–Trinajstić information content (AvgIpc) is 2.98. The number of carbonyl (C=O) groups is 1. The lowest BCUT2D eigenvalue weighted by Gasteiger charge is -2.18. The third kappa shape index (κ3) is 7.51. The molecule has 0 spiro atoms. The second kappa shape index (κ2) is 13.0. The first kappa shape index (κ1) is 29.8. The molecule has 0 heterocycles. The van der Waals surface area contributed by atoms with Gasteiger partial charge in [0.05, 0.1) is 9.79 Å². The van der Waals surface area contributed by atoms with Crippen molar-refractivity contribution in [2.45, 2.75) is 30.2 Å². The van der Waals surface area contributed by atoms with Crippen molar-refractivity contribution < 1.29 is 26.4 Å². The van der Waals surface area contributed by atoms with Crippen molar-refractivity contribution in [2.75, 3.05) is 23.1 Å². The standard InChI is InChI=1S/C30H31N3O6S2/c1-3-33(4-2)41(37,38)29-15-9-13-26(21-29)31-30(34)24-12-8-14-28(20-24)40(35,36)32-25-16-18-27(19-17-25)39-22-23-10-6-5-7-11-23/h5-21,32H,3-4,22H2,1-2H3,(H,31,34). The molecule has 0 saturated heterocycles. The van der Waals surface area contributed by atoms with Crippen molar-refractivity contribution in [1.82, 2.24) is 4.31 Å². The SMILES string of the molecule is CCN(CC)S(=O)(=O)c1cccc(NC(=O)c2cccc(S(=O)(=O)Nc3ccc(OCc4ccccc4)cc3)c2)c1. The smallest absolute Gasteiger partial charge is 0.261 e. The molecular formula is C30H31N3O6S2. The van der Waals surface area contributed by atoms with E-state index in [9.17, 15) is 21.6 Å². The van der Waals surface area contributed by atoms with E-state index in [4.69, 9.17) is 4.74 Å². The molecule has 1 amide bonds. The fourth-order valence-corrected chi connectivity index (χ4v) is 6.64. The Kier molecular flexibility index (Phi) is 9.43. The van der Waals surface area contributed by atoms with E-state index < -0.39 is 26.0 Å². The van der Waals surface area contributed by atoms with Crippen molar-refractivity contribution in [3.05, 3.63) is 114 Å². The Morgan fingerprint density at radius 3 is 2.07 bits per heavy atom. The van der Waals surface area contributed by atoms with Crippen molar-refractivity contribution in [3.8, 4) is 5.75 Å². The highest BCUT2D eigenvalue weighted by atomic mass is 32.2. The first-order chi connectivity index (χ1) is 19.6. The van der Waals surface area contributed by atoms with Gasteiger partial charge in [0.25, 0.3) is 15.9 Å². The van der Waals surface area contributed by atoms with E-state index >= 15 is 0 Å². The first-order valence-electron chi connectivity index (χ1n) is 12.9. The van der Waals surface area contributed by atoms with Crippen LogP contribution in [0, 0.1) is 0 Å². The second-order valence-electron chi connectivity index (χ2n) is 9.00. The minimum absolute atomic E-state index is 0.0519. The van der Waals surface area contributed by atoms with Crippen molar-refractivity contribution in [3.63, 3.8) is 0 Å². The predicted molar refractivity (Wildman–Crippen MR) is 159 cm³/mol. The quantitative estimate of drug-likeness (QED) is 0.228. The van der Waals surface area contributed by atoms with E-state index in [0.717, 1.165) is 5.56 Å². The predicted octanol–water partition coefficient (Wildman–Crippen LogP) is 5.35. The van der Waals surface area contributed by atoms with E-state index in [2.05, 4.69) is 10.0 Å². The molecule has 0 aliphatic carbocycles.